The molecule has 1 saturated carbocycles. The van der Waals surface area contributed by atoms with Gasteiger partial charge in [-0.05, 0) is 37.1 Å². The molecule has 2 rings (SSSR count). The van der Waals surface area contributed by atoms with Crippen LogP contribution in [0, 0.1) is 5.92 Å². The summed E-state index contributed by atoms with van der Waals surface area (Å²) < 4.78 is 0. The van der Waals surface area contributed by atoms with Gasteiger partial charge in [0.05, 0.1) is 0 Å². The second kappa shape index (κ2) is 3.62. The predicted molar refractivity (Wildman–Crippen MR) is 57.6 cm³/mol. The van der Waals surface area contributed by atoms with Crippen LogP contribution < -0.4 is 4.90 Å². The van der Waals surface area contributed by atoms with Gasteiger partial charge >= 0.3 is 0 Å². The third-order valence-corrected chi connectivity index (χ3v) is 2.72. The van der Waals surface area contributed by atoms with E-state index in [-0.39, 0.29) is 11.8 Å². The summed E-state index contributed by atoms with van der Waals surface area (Å²) in [7, 11) is 1.81. The molecule has 0 saturated heterocycles. The summed E-state index contributed by atoms with van der Waals surface area (Å²) in [5, 5.41) is 0.695. The fourth-order valence-electron chi connectivity index (χ4n) is 1.40. The van der Waals surface area contributed by atoms with E-state index in [0.717, 1.165) is 18.5 Å². The fourth-order valence-corrected chi connectivity index (χ4v) is 1.52. The van der Waals surface area contributed by atoms with Gasteiger partial charge in [-0.25, -0.2) is 0 Å². The van der Waals surface area contributed by atoms with Crippen LogP contribution in [0.15, 0.2) is 24.3 Å². The van der Waals surface area contributed by atoms with Crippen LogP contribution in [-0.2, 0) is 4.79 Å². The normalized spacial score (nSPS) is 15.3. The molecule has 1 aromatic carbocycles. The zero-order valence-electron chi connectivity index (χ0n) is 8.03. The molecule has 0 heterocycles. The van der Waals surface area contributed by atoms with Gasteiger partial charge in [0.15, 0.2) is 0 Å². The summed E-state index contributed by atoms with van der Waals surface area (Å²) in [4.78, 5) is 13.4. The molecule has 1 amide bonds. The maximum Gasteiger partial charge on any atom is 0.229 e. The smallest absolute Gasteiger partial charge is 0.229 e. The Morgan fingerprint density at radius 1 is 1.36 bits per heavy atom. The SMILES string of the molecule is CN(C(=O)C1CC1)c1ccc(Cl)cc1. The van der Waals surface area contributed by atoms with Gasteiger partial charge in [0, 0.05) is 23.7 Å². The molecule has 74 valence electrons. The van der Waals surface area contributed by atoms with Crippen molar-refractivity contribution in [3.05, 3.63) is 29.3 Å². The van der Waals surface area contributed by atoms with E-state index in [9.17, 15) is 4.79 Å². The van der Waals surface area contributed by atoms with Crippen molar-refractivity contribution in [2.24, 2.45) is 5.92 Å². The van der Waals surface area contributed by atoms with Gasteiger partial charge in [-0.1, -0.05) is 11.6 Å². The first-order chi connectivity index (χ1) is 6.68. The zero-order chi connectivity index (χ0) is 10.1. The van der Waals surface area contributed by atoms with E-state index >= 15 is 0 Å². The Morgan fingerprint density at radius 3 is 2.43 bits per heavy atom. The summed E-state index contributed by atoms with van der Waals surface area (Å²) in [5.41, 5.74) is 0.909. The minimum Gasteiger partial charge on any atom is -0.315 e. The molecule has 0 atom stereocenters. The van der Waals surface area contributed by atoms with Crippen LogP contribution in [0.2, 0.25) is 5.02 Å². The topological polar surface area (TPSA) is 20.3 Å². The summed E-state index contributed by atoms with van der Waals surface area (Å²) in [6.07, 6.45) is 2.08. The third kappa shape index (κ3) is 1.90. The molecule has 1 fully saturated rings. The summed E-state index contributed by atoms with van der Waals surface area (Å²) in [5.74, 6) is 0.475. The molecule has 1 aliphatic carbocycles. The lowest BCUT2D eigenvalue weighted by atomic mass is 10.2. The zero-order valence-corrected chi connectivity index (χ0v) is 8.79. The molecular weight excluding hydrogens is 198 g/mol. The standard InChI is InChI=1S/C11H12ClNO/c1-13(11(14)8-2-3-8)10-6-4-9(12)5-7-10/h4-8H,2-3H2,1H3. The van der Waals surface area contributed by atoms with Crippen molar-refractivity contribution in [1.29, 1.82) is 0 Å². The average molecular weight is 210 g/mol. The number of carbonyl (C=O) groups excluding carboxylic acids is 1. The third-order valence-electron chi connectivity index (χ3n) is 2.47. The fraction of sp³-hybridized carbons (Fsp3) is 0.364. The van der Waals surface area contributed by atoms with Crippen molar-refractivity contribution in [3.63, 3.8) is 0 Å². The van der Waals surface area contributed by atoms with Crippen molar-refractivity contribution in [2.45, 2.75) is 12.8 Å². The van der Waals surface area contributed by atoms with Crippen LogP contribution >= 0.6 is 11.6 Å². The highest BCUT2D eigenvalue weighted by Crippen LogP contribution is 2.32. The number of hydrogen-bond donors (Lipinski definition) is 0. The summed E-state index contributed by atoms with van der Waals surface area (Å²) in [6, 6.07) is 7.33. The van der Waals surface area contributed by atoms with E-state index in [1.54, 1.807) is 17.0 Å². The molecule has 2 nitrogen and oxygen atoms in total. The lowest BCUT2D eigenvalue weighted by molar-refractivity contribution is -0.119. The van der Waals surface area contributed by atoms with Gasteiger partial charge in [0.25, 0.3) is 0 Å². The predicted octanol–water partition coefficient (Wildman–Crippen LogP) is 2.71. The maximum atomic E-state index is 11.7. The van der Waals surface area contributed by atoms with E-state index in [1.165, 1.54) is 0 Å². The number of rotatable bonds is 2. The number of hydrogen-bond acceptors (Lipinski definition) is 1. The van der Waals surface area contributed by atoms with Crippen LogP contribution in [0.3, 0.4) is 0 Å². The van der Waals surface area contributed by atoms with E-state index in [2.05, 4.69) is 0 Å². The Balaban J connectivity index is 2.13. The first-order valence-corrected chi connectivity index (χ1v) is 5.09. The van der Waals surface area contributed by atoms with Gasteiger partial charge in [0.1, 0.15) is 0 Å². The van der Waals surface area contributed by atoms with Crippen LogP contribution in [0.1, 0.15) is 12.8 Å². The second-order valence-corrected chi connectivity index (χ2v) is 4.08. The second-order valence-electron chi connectivity index (χ2n) is 3.65. The average Bonchev–Trinajstić information content (AvgIpc) is 3.00. The number of carbonyl (C=O) groups is 1. The number of halogens is 1. The van der Waals surface area contributed by atoms with Crippen molar-refractivity contribution in [2.75, 3.05) is 11.9 Å². The Bertz CT molecular complexity index is 343. The number of nitrogens with zero attached hydrogens (tertiary/aromatic N) is 1. The highest BCUT2D eigenvalue weighted by atomic mass is 35.5. The first-order valence-electron chi connectivity index (χ1n) is 4.71. The van der Waals surface area contributed by atoms with Crippen LogP contribution in [0.4, 0.5) is 5.69 Å². The lowest BCUT2D eigenvalue weighted by Gasteiger charge is -2.16. The minimum absolute atomic E-state index is 0.215. The van der Waals surface area contributed by atoms with Crippen LogP contribution in [0.5, 0.6) is 0 Å². The van der Waals surface area contributed by atoms with Gasteiger partial charge in [0.2, 0.25) is 5.91 Å². The molecular formula is C11H12ClNO. The molecule has 0 aromatic heterocycles. The highest BCUT2D eigenvalue weighted by molar-refractivity contribution is 6.30. The Hall–Kier alpha value is -1.02. The van der Waals surface area contributed by atoms with E-state index in [0.29, 0.717) is 5.02 Å². The Kier molecular flexibility index (Phi) is 2.46. The van der Waals surface area contributed by atoms with Crippen molar-refractivity contribution in [1.82, 2.24) is 0 Å². The van der Waals surface area contributed by atoms with Crippen LogP contribution in [0.25, 0.3) is 0 Å². The van der Waals surface area contributed by atoms with Gasteiger partial charge in [-0.3, -0.25) is 4.79 Å². The number of amides is 1. The molecule has 0 spiro atoms. The molecule has 1 aromatic rings. The van der Waals surface area contributed by atoms with E-state index in [4.69, 9.17) is 11.6 Å². The van der Waals surface area contributed by atoms with Crippen molar-refractivity contribution < 1.29 is 4.79 Å². The molecule has 0 bridgehead atoms. The Morgan fingerprint density at radius 2 is 1.93 bits per heavy atom. The number of benzene rings is 1. The van der Waals surface area contributed by atoms with Crippen LogP contribution in [-0.4, -0.2) is 13.0 Å². The Labute approximate surface area is 88.5 Å². The lowest BCUT2D eigenvalue weighted by Crippen LogP contribution is -2.27. The molecule has 0 aliphatic heterocycles. The largest absolute Gasteiger partial charge is 0.315 e. The van der Waals surface area contributed by atoms with Crippen molar-refractivity contribution >= 4 is 23.2 Å². The molecule has 14 heavy (non-hydrogen) atoms. The molecule has 0 unspecified atom stereocenters. The van der Waals surface area contributed by atoms with Crippen molar-refractivity contribution in [3.8, 4) is 0 Å². The minimum atomic E-state index is 0.215. The van der Waals surface area contributed by atoms with E-state index in [1.807, 2.05) is 19.2 Å². The van der Waals surface area contributed by atoms with Gasteiger partial charge in [-0.2, -0.15) is 0 Å². The monoisotopic (exact) mass is 209 g/mol. The van der Waals surface area contributed by atoms with E-state index < -0.39 is 0 Å². The summed E-state index contributed by atoms with van der Waals surface area (Å²) >= 11 is 5.77. The maximum absolute atomic E-state index is 11.7. The van der Waals surface area contributed by atoms with Gasteiger partial charge in [-0.15, -0.1) is 0 Å². The molecule has 0 radical (unpaired) electrons. The molecule has 0 N–H and O–H groups in total. The van der Waals surface area contributed by atoms with Gasteiger partial charge < -0.3 is 4.90 Å². The molecule has 3 heteroatoms. The highest BCUT2D eigenvalue weighted by Gasteiger charge is 2.32. The molecule has 1 aliphatic rings. The quantitative estimate of drug-likeness (QED) is 0.734. The summed E-state index contributed by atoms with van der Waals surface area (Å²) in [6.45, 7) is 0. The first kappa shape index (κ1) is 9.53. The number of anilines is 1.